The molecule has 0 radical (unpaired) electrons. The molecule has 1 amide bonds. The zero-order chi connectivity index (χ0) is 12.0. The van der Waals surface area contributed by atoms with Gasteiger partial charge in [-0.2, -0.15) is 0 Å². The lowest BCUT2D eigenvalue weighted by atomic mass is 10.2. The number of ether oxygens (including phenoxy) is 2. The van der Waals surface area contributed by atoms with Crippen molar-refractivity contribution >= 4 is 18.3 Å². The topological polar surface area (TPSA) is 50.8 Å². The second kappa shape index (κ2) is 8.69. The highest BCUT2D eigenvalue weighted by molar-refractivity contribution is 5.85. The summed E-state index contributed by atoms with van der Waals surface area (Å²) in [7, 11) is 1.65. The van der Waals surface area contributed by atoms with Gasteiger partial charge < -0.3 is 19.7 Å². The van der Waals surface area contributed by atoms with Gasteiger partial charge in [-0.3, -0.25) is 4.79 Å². The Bertz CT molecular complexity index is 219. The van der Waals surface area contributed by atoms with Crippen LogP contribution in [0.5, 0.6) is 0 Å². The highest BCUT2D eigenvalue weighted by Gasteiger charge is 2.25. The lowest BCUT2D eigenvalue weighted by Crippen LogP contribution is -2.50. The summed E-state index contributed by atoms with van der Waals surface area (Å²) in [5, 5.41) is 3.06. The molecule has 0 bridgehead atoms. The maximum absolute atomic E-state index is 11.8. The van der Waals surface area contributed by atoms with Gasteiger partial charge in [0.1, 0.15) is 0 Å². The van der Waals surface area contributed by atoms with Gasteiger partial charge in [0.15, 0.2) is 0 Å². The Morgan fingerprint density at radius 2 is 2.00 bits per heavy atom. The first-order valence-corrected chi connectivity index (χ1v) is 5.76. The molecule has 1 saturated heterocycles. The van der Waals surface area contributed by atoms with E-state index in [0.717, 1.165) is 0 Å². The van der Waals surface area contributed by atoms with Gasteiger partial charge in [0.05, 0.1) is 25.4 Å². The molecule has 2 unspecified atom stereocenters. The third-order valence-corrected chi connectivity index (χ3v) is 2.53. The highest BCUT2D eigenvalue weighted by atomic mass is 35.5. The molecule has 0 aliphatic carbocycles. The van der Waals surface area contributed by atoms with Crippen molar-refractivity contribution in [2.45, 2.75) is 26.1 Å². The van der Waals surface area contributed by atoms with Crippen molar-refractivity contribution in [3.05, 3.63) is 0 Å². The molecule has 1 aliphatic heterocycles. The minimum absolute atomic E-state index is 0. The number of amides is 1. The van der Waals surface area contributed by atoms with Gasteiger partial charge in [-0.05, 0) is 13.8 Å². The summed E-state index contributed by atoms with van der Waals surface area (Å²) in [6, 6.07) is 0. The smallest absolute Gasteiger partial charge is 0.236 e. The van der Waals surface area contributed by atoms with Crippen LogP contribution >= 0.6 is 12.4 Å². The van der Waals surface area contributed by atoms with Crippen LogP contribution in [0.3, 0.4) is 0 Å². The number of hydrogen-bond acceptors (Lipinski definition) is 4. The third kappa shape index (κ3) is 6.21. The Balaban J connectivity index is 0.00000256. The number of methoxy groups -OCH3 is 1. The van der Waals surface area contributed by atoms with E-state index in [1.165, 1.54) is 0 Å². The van der Waals surface area contributed by atoms with Gasteiger partial charge in [-0.15, -0.1) is 12.4 Å². The van der Waals surface area contributed by atoms with Crippen LogP contribution in [0.25, 0.3) is 0 Å². The van der Waals surface area contributed by atoms with E-state index in [2.05, 4.69) is 5.32 Å². The minimum atomic E-state index is 0. The molecule has 1 rings (SSSR count). The van der Waals surface area contributed by atoms with Crippen molar-refractivity contribution in [2.24, 2.45) is 0 Å². The molecule has 1 fully saturated rings. The standard InChI is InChI=1S/C11H22N2O3.ClH/c1-9-7-13(8-10(2)16-9)11(14)6-12-4-5-15-3;/h9-10,12H,4-8H2,1-3H3;1H. The first-order valence-electron chi connectivity index (χ1n) is 5.76. The van der Waals surface area contributed by atoms with E-state index < -0.39 is 0 Å². The fourth-order valence-corrected chi connectivity index (χ4v) is 1.86. The Morgan fingerprint density at radius 3 is 2.53 bits per heavy atom. The van der Waals surface area contributed by atoms with Crippen molar-refractivity contribution in [1.82, 2.24) is 10.2 Å². The van der Waals surface area contributed by atoms with E-state index in [-0.39, 0.29) is 30.5 Å². The van der Waals surface area contributed by atoms with Gasteiger partial charge in [-0.1, -0.05) is 0 Å². The zero-order valence-electron chi connectivity index (χ0n) is 10.8. The first-order chi connectivity index (χ1) is 7.63. The summed E-state index contributed by atoms with van der Waals surface area (Å²) in [4.78, 5) is 13.7. The fourth-order valence-electron chi connectivity index (χ4n) is 1.86. The van der Waals surface area contributed by atoms with E-state index in [4.69, 9.17) is 9.47 Å². The maximum atomic E-state index is 11.8. The number of nitrogens with one attached hydrogen (secondary N) is 1. The molecule has 102 valence electrons. The second-order valence-electron chi connectivity index (χ2n) is 4.23. The van der Waals surface area contributed by atoms with E-state index >= 15 is 0 Å². The molecule has 2 atom stereocenters. The fraction of sp³-hybridized carbons (Fsp3) is 0.909. The van der Waals surface area contributed by atoms with Crippen molar-refractivity contribution in [1.29, 1.82) is 0 Å². The van der Waals surface area contributed by atoms with E-state index in [1.807, 2.05) is 18.7 Å². The molecule has 1 aliphatic rings. The van der Waals surface area contributed by atoms with Crippen LogP contribution in [0.1, 0.15) is 13.8 Å². The Hall–Kier alpha value is -0.360. The van der Waals surface area contributed by atoms with Gasteiger partial charge >= 0.3 is 0 Å². The van der Waals surface area contributed by atoms with Crippen molar-refractivity contribution in [2.75, 3.05) is 39.9 Å². The average molecular weight is 267 g/mol. The number of halogens is 1. The molecule has 17 heavy (non-hydrogen) atoms. The lowest BCUT2D eigenvalue weighted by molar-refractivity contribution is -0.142. The second-order valence-corrected chi connectivity index (χ2v) is 4.23. The molecule has 0 spiro atoms. The van der Waals surface area contributed by atoms with Crippen LogP contribution in [0.15, 0.2) is 0 Å². The highest BCUT2D eigenvalue weighted by Crippen LogP contribution is 2.10. The molecule has 1 heterocycles. The number of rotatable bonds is 5. The summed E-state index contributed by atoms with van der Waals surface area (Å²) < 4.78 is 10.5. The molecule has 0 saturated carbocycles. The third-order valence-electron chi connectivity index (χ3n) is 2.53. The van der Waals surface area contributed by atoms with Crippen LogP contribution in [-0.2, 0) is 14.3 Å². The largest absolute Gasteiger partial charge is 0.383 e. The number of carbonyl (C=O) groups is 1. The molecule has 0 aromatic heterocycles. The Kier molecular flexibility index (Phi) is 8.51. The molecular formula is C11H23ClN2O3. The number of nitrogens with zero attached hydrogens (tertiary/aromatic N) is 1. The number of hydrogen-bond donors (Lipinski definition) is 1. The SMILES string of the molecule is COCCNCC(=O)N1CC(C)OC(C)C1.Cl. The first kappa shape index (κ1) is 16.6. The van der Waals surface area contributed by atoms with Gasteiger partial charge in [0.2, 0.25) is 5.91 Å². The lowest BCUT2D eigenvalue weighted by Gasteiger charge is -2.35. The van der Waals surface area contributed by atoms with E-state index in [1.54, 1.807) is 7.11 Å². The van der Waals surface area contributed by atoms with Crippen LogP contribution in [-0.4, -0.2) is 62.9 Å². The molecule has 0 aromatic rings. The molecule has 1 N–H and O–H groups in total. The predicted molar refractivity (Wildman–Crippen MR) is 68.6 cm³/mol. The van der Waals surface area contributed by atoms with Crippen LogP contribution in [0, 0.1) is 0 Å². The van der Waals surface area contributed by atoms with Crippen LogP contribution in [0.2, 0.25) is 0 Å². The summed E-state index contributed by atoms with van der Waals surface area (Å²) in [6.07, 6.45) is 0.262. The molecule has 5 nitrogen and oxygen atoms in total. The van der Waals surface area contributed by atoms with E-state index in [9.17, 15) is 4.79 Å². The molecular weight excluding hydrogens is 244 g/mol. The van der Waals surface area contributed by atoms with E-state index in [0.29, 0.717) is 32.8 Å². The van der Waals surface area contributed by atoms with Gasteiger partial charge in [0.25, 0.3) is 0 Å². The summed E-state index contributed by atoms with van der Waals surface area (Å²) in [5.41, 5.74) is 0. The molecule has 6 heteroatoms. The Morgan fingerprint density at radius 1 is 1.41 bits per heavy atom. The predicted octanol–water partition coefficient (Wildman–Crippen LogP) is 0.280. The number of morpholine rings is 1. The minimum Gasteiger partial charge on any atom is -0.383 e. The van der Waals surface area contributed by atoms with Crippen molar-refractivity contribution in [3.63, 3.8) is 0 Å². The maximum Gasteiger partial charge on any atom is 0.236 e. The normalized spacial score (nSPS) is 24.3. The summed E-state index contributed by atoms with van der Waals surface area (Å²) >= 11 is 0. The van der Waals surface area contributed by atoms with Gasteiger partial charge in [0, 0.05) is 26.7 Å². The van der Waals surface area contributed by atoms with Crippen LogP contribution in [0.4, 0.5) is 0 Å². The van der Waals surface area contributed by atoms with Gasteiger partial charge in [-0.25, -0.2) is 0 Å². The summed E-state index contributed by atoms with van der Waals surface area (Å²) in [5.74, 6) is 0.137. The average Bonchev–Trinajstić information content (AvgIpc) is 2.22. The quantitative estimate of drug-likeness (QED) is 0.727. The van der Waals surface area contributed by atoms with Crippen LogP contribution < -0.4 is 5.32 Å². The number of carbonyl (C=O) groups excluding carboxylic acids is 1. The molecule has 0 aromatic carbocycles. The van der Waals surface area contributed by atoms with Crippen molar-refractivity contribution < 1.29 is 14.3 Å². The summed E-state index contributed by atoms with van der Waals surface area (Å²) in [6.45, 7) is 7.08. The monoisotopic (exact) mass is 266 g/mol. The van der Waals surface area contributed by atoms with Crippen molar-refractivity contribution in [3.8, 4) is 0 Å². The zero-order valence-corrected chi connectivity index (χ0v) is 11.6. The Labute approximate surface area is 109 Å².